The van der Waals surface area contributed by atoms with Crippen molar-refractivity contribution in [1.82, 2.24) is 15.2 Å². The summed E-state index contributed by atoms with van der Waals surface area (Å²) in [6.07, 6.45) is 13.2. The third kappa shape index (κ3) is 6.30. The molecule has 0 saturated carbocycles. The van der Waals surface area contributed by atoms with Crippen LogP contribution in [0.3, 0.4) is 0 Å². The first-order valence-electron chi connectivity index (χ1n) is 10.3. The Bertz CT molecular complexity index is 893. The maximum absolute atomic E-state index is 4.64. The number of hydrogen-bond donors (Lipinski definition) is 1. The van der Waals surface area contributed by atoms with E-state index in [1.807, 2.05) is 12.3 Å². The third-order valence-electron chi connectivity index (χ3n) is 5.18. The third-order valence-corrected chi connectivity index (χ3v) is 5.18. The first-order valence-corrected chi connectivity index (χ1v) is 10.3. The number of nitrogens with zero attached hydrogens (tertiary/aromatic N) is 2. The number of aryl methyl sites for hydroxylation is 1. The molecule has 150 valence electrons. The Morgan fingerprint density at radius 1 is 1.28 bits per heavy atom. The van der Waals surface area contributed by atoms with Crippen molar-refractivity contribution in [3.8, 4) is 0 Å². The van der Waals surface area contributed by atoms with Crippen LogP contribution in [0.2, 0.25) is 0 Å². The molecule has 0 amide bonds. The lowest BCUT2D eigenvalue weighted by molar-refractivity contribution is 0.516. The van der Waals surface area contributed by atoms with Crippen LogP contribution in [0.25, 0.3) is 5.57 Å². The van der Waals surface area contributed by atoms with Gasteiger partial charge in [0.25, 0.3) is 0 Å². The Balaban J connectivity index is 1.56. The summed E-state index contributed by atoms with van der Waals surface area (Å²) in [7, 11) is 2.08. The molecule has 1 aromatic heterocycles. The van der Waals surface area contributed by atoms with Crippen LogP contribution in [0.15, 0.2) is 85.8 Å². The molecular formula is C26H31N3. The van der Waals surface area contributed by atoms with Crippen molar-refractivity contribution in [3.63, 3.8) is 0 Å². The molecule has 0 unspecified atom stereocenters. The summed E-state index contributed by atoms with van der Waals surface area (Å²) in [6, 6.07) is 12.8. The van der Waals surface area contributed by atoms with Gasteiger partial charge in [-0.3, -0.25) is 4.98 Å². The summed E-state index contributed by atoms with van der Waals surface area (Å²) in [5.41, 5.74) is 7.33. The van der Waals surface area contributed by atoms with E-state index in [9.17, 15) is 0 Å². The van der Waals surface area contributed by atoms with Crippen molar-refractivity contribution < 1.29 is 0 Å². The number of nitrogens with one attached hydrogen (secondary N) is 1. The molecule has 3 heteroatoms. The average molecular weight is 386 g/mol. The van der Waals surface area contributed by atoms with Crippen LogP contribution in [-0.2, 0) is 19.4 Å². The first-order chi connectivity index (χ1) is 14.2. The van der Waals surface area contributed by atoms with Crippen molar-refractivity contribution in [1.29, 1.82) is 0 Å². The van der Waals surface area contributed by atoms with E-state index < -0.39 is 0 Å². The molecule has 0 atom stereocenters. The van der Waals surface area contributed by atoms with E-state index in [-0.39, 0.29) is 0 Å². The van der Waals surface area contributed by atoms with E-state index >= 15 is 0 Å². The van der Waals surface area contributed by atoms with Crippen molar-refractivity contribution in [2.45, 2.75) is 25.8 Å². The highest BCUT2D eigenvalue weighted by Crippen LogP contribution is 2.19. The summed E-state index contributed by atoms with van der Waals surface area (Å²) in [6.45, 7) is 10.8. The van der Waals surface area contributed by atoms with Gasteiger partial charge in [-0.05, 0) is 59.0 Å². The van der Waals surface area contributed by atoms with Crippen LogP contribution >= 0.6 is 0 Å². The van der Waals surface area contributed by atoms with Crippen LogP contribution in [0.4, 0.5) is 0 Å². The number of benzene rings is 1. The molecule has 0 spiro atoms. The van der Waals surface area contributed by atoms with Crippen molar-refractivity contribution in [2.75, 3.05) is 20.1 Å². The first kappa shape index (κ1) is 20.8. The van der Waals surface area contributed by atoms with Crippen molar-refractivity contribution >= 4 is 5.57 Å². The number of pyridine rings is 1. The van der Waals surface area contributed by atoms with E-state index in [0.717, 1.165) is 50.0 Å². The second kappa shape index (κ2) is 10.6. The maximum Gasteiger partial charge on any atom is 0.0461 e. The van der Waals surface area contributed by atoms with Gasteiger partial charge in [-0.25, -0.2) is 0 Å². The largest absolute Gasteiger partial charge is 0.376 e. The summed E-state index contributed by atoms with van der Waals surface area (Å²) in [5, 5.41) is 3.41. The molecule has 3 nitrogen and oxygen atoms in total. The zero-order valence-corrected chi connectivity index (χ0v) is 17.4. The lowest BCUT2D eigenvalue weighted by Gasteiger charge is -2.19. The monoisotopic (exact) mass is 385 g/mol. The fraction of sp³-hybridized carbons (Fsp3) is 0.269. The number of aromatic nitrogens is 1. The molecule has 2 aromatic rings. The molecule has 1 aliphatic rings. The lowest BCUT2D eigenvalue weighted by atomic mass is 10.0. The van der Waals surface area contributed by atoms with Gasteiger partial charge in [0.2, 0.25) is 0 Å². The van der Waals surface area contributed by atoms with Crippen LogP contribution in [0.1, 0.15) is 28.8 Å². The van der Waals surface area contributed by atoms with Crippen LogP contribution < -0.4 is 5.32 Å². The molecule has 3 rings (SSSR count). The molecule has 2 heterocycles. The fourth-order valence-corrected chi connectivity index (χ4v) is 3.51. The van der Waals surface area contributed by atoms with Gasteiger partial charge >= 0.3 is 0 Å². The summed E-state index contributed by atoms with van der Waals surface area (Å²) >= 11 is 0. The Morgan fingerprint density at radius 3 is 2.90 bits per heavy atom. The summed E-state index contributed by atoms with van der Waals surface area (Å²) in [4.78, 5) is 6.81. The maximum atomic E-state index is 4.64. The molecule has 1 aromatic carbocycles. The normalized spacial score (nSPS) is 13.9. The second-order valence-electron chi connectivity index (χ2n) is 7.55. The van der Waals surface area contributed by atoms with Crippen LogP contribution in [0.5, 0.6) is 0 Å². The predicted octanol–water partition coefficient (Wildman–Crippen LogP) is 4.93. The molecule has 0 aliphatic carbocycles. The molecular weight excluding hydrogens is 354 g/mol. The van der Waals surface area contributed by atoms with Crippen LogP contribution in [0, 0.1) is 0 Å². The minimum absolute atomic E-state index is 0.768. The standard InChI is InChI=1S/C26H31N3/c1-4-8-22(11-12-23-9-6-5-7-10-23)14-16-29(3)20-21(2)24-17-25-18-27-15-13-26(25)28-19-24/h4-10,14,16-17,19,27H,1-2,11-13,15,18,20H2,3H3/b16-14-,22-8-. The van der Waals surface area contributed by atoms with E-state index in [2.05, 4.69) is 90.2 Å². The zero-order chi connectivity index (χ0) is 20.5. The minimum Gasteiger partial charge on any atom is -0.376 e. The molecule has 29 heavy (non-hydrogen) atoms. The molecule has 0 bridgehead atoms. The predicted molar refractivity (Wildman–Crippen MR) is 123 cm³/mol. The molecule has 1 N–H and O–H groups in total. The average Bonchev–Trinajstić information content (AvgIpc) is 2.76. The highest BCUT2D eigenvalue weighted by Gasteiger charge is 2.11. The SMILES string of the molecule is C=C/C=C(\C=C/N(C)CC(=C)c1cnc2c(c1)CNCC2)CCc1ccccc1. The topological polar surface area (TPSA) is 28.2 Å². The van der Waals surface area contributed by atoms with E-state index in [0.29, 0.717) is 0 Å². The number of rotatable bonds is 9. The molecule has 0 fully saturated rings. The van der Waals surface area contributed by atoms with Gasteiger partial charge in [0.15, 0.2) is 0 Å². The smallest absolute Gasteiger partial charge is 0.0461 e. The zero-order valence-electron chi connectivity index (χ0n) is 17.4. The van der Waals surface area contributed by atoms with Gasteiger partial charge in [-0.15, -0.1) is 0 Å². The van der Waals surface area contributed by atoms with Gasteiger partial charge in [0, 0.05) is 45.0 Å². The van der Waals surface area contributed by atoms with Crippen LogP contribution in [-0.4, -0.2) is 30.0 Å². The summed E-state index contributed by atoms with van der Waals surface area (Å²) < 4.78 is 0. The molecule has 1 aliphatic heterocycles. The molecule has 0 saturated heterocycles. The number of allylic oxidation sites excluding steroid dienone is 4. The van der Waals surface area contributed by atoms with E-state index in [1.54, 1.807) is 0 Å². The summed E-state index contributed by atoms with van der Waals surface area (Å²) in [5.74, 6) is 0. The van der Waals surface area contributed by atoms with Gasteiger partial charge in [0.05, 0.1) is 0 Å². The molecule has 0 radical (unpaired) electrons. The highest BCUT2D eigenvalue weighted by molar-refractivity contribution is 5.65. The Morgan fingerprint density at radius 2 is 2.10 bits per heavy atom. The minimum atomic E-state index is 0.768. The lowest BCUT2D eigenvalue weighted by Crippen LogP contribution is -2.24. The Hall–Kier alpha value is -2.91. The number of likely N-dealkylation sites (N-methyl/N-ethyl adjacent to an activating group) is 1. The number of fused-ring (bicyclic) bond motifs is 1. The van der Waals surface area contributed by atoms with Gasteiger partial charge in [-0.2, -0.15) is 0 Å². The fourth-order valence-electron chi connectivity index (χ4n) is 3.51. The number of hydrogen-bond acceptors (Lipinski definition) is 3. The van der Waals surface area contributed by atoms with Gasteiger partial charge in [-0.1, -0.05) is 55.6 Å². The van der Waals surface area contributed by atoms with Gasteiger partial charge < -0.3 is 10.2 Å². The van der Waals surface area contributed by atoms with E-state index in [1.165, 1.54) is 22.4 Å². The quantitative estimate of drug-likeness (QED) is 0.620. The Kier molecular flexibility index (Phi) is 7.60. The van der Waals surface area contributed by atoms with Gasteiger partial charge in [0.1, 0.15) is 0 Å². The Labute approximate surface area is 175 Å². The van der Waals surface area contributed by atoms with E-state index in [4.69, 9.17) is 0 Å². The second-order valence-corrected chi connectivity index (χ2v) is 7.55. The van der Waals surface area contributed by atoms with Crippen molar-refractivity contribution in [3.05, 3.63) is 108 Å². The highest BCUT2D eigenvalue weighted by atomic mass is 15.1. The van der Waals surface area contributed by atoms with Crippen molar-refractivity contribution in [2.24, 2.45) is 0 Å².